The predicted octanol–water partition coefficient (Wildman–Crippen LogP) is 2.19. The summed E-state index contributed by atoms with van der Waals surface area (Å²) in [4.78, 5) is 41.1. The number of carbonyl (C=O) groups excluding carboxylic acids is 2. The highest BCUT2D eigenvalue weighted by molar-refractivity contribution is 5.88. The summed E-state index contributed by atoms with van der Waals surface area (Å²) in [5, 5.41) is 9.04. The lowest BCUT2D eigenvalue weighted by Crippen LogP contribution is -2.55. The molecule has 13 heteroatoms. The van der Waals surface area contributed by atoms with Gasteiger partial charge < -0.3 is 29.9 Å². The Hall–Kier alpha value is -3.74. The third kappa shape index (κ3) is 5.87. The van der Waals surface area contributed by atoms with Gasteiger partial charge in [-0.3, -0.25) is 5.32 Å². The van der Waals surface area contributed by atoms with Gasteiger partial charge in [-0.25, -0.2) is 28.9 Å². The number of ether oxygens (including phenoxy) is 2. The fourth-order valence-corrected chi connectivity index (χ4v) is 5.36. The van der Waals surface area contributed by atoms with Crippen LogP contribution in [0.25, 0.3) is 0 Å². The molecule has 1 aliphatic carbocycles. The van der Waals surface area contributed by atoms with Crippen molar-refractivity contribution in [1.82, 2.24) is 30.5 Å². The smallest absolute Gasteiger partial charge is 0.412 e. The minimum Gasteiger partial charge on any atom is -0.477 e. The van der Waals surface area contributed by atoms with Crippen LogP contribution in [-0.2, 0) is 0 Å². The average Bonchev–Trinajstić information content (AvgIpc) is 3.53. The summed E-state index contributed by atoms with van der Waals surface area (Å²) in [6, 6.07) is 2.64. The summed E-state index contributed by atoms with van der Waals surface area (Å²) in [5.41, 5.74) is 0. The first-order chi connectivity index (χ1) is 18.4. The Balaban J connectivity index is 1.18. The Morgan fingerprint density at radius 1 is 1.26 bits per heavy atom. The molecule has 0 unspecified atom stereocenters. The van der Waals surface area contributed by atoms with Gasteiger partial charge in [0.1, 0.15) is 17.7 Å². The van der Waals surface area contributed by atoms with Crippen LogP contribution in [0, 0.1) is 5.92 Å². The second-order valence-corrected chi connectivity index (χ2v) is 9.86. The molecule has 204 valence electrons. The summed E-state index contributed by atoms with van der Waals surface area (Å²) >= 11 is 0. The highest BCUT2D eigenvalue weighted by atomic mass is 19.1. The van der Waals surface area contributed by atoms with Gasteiger partial charge in [0.05, 0.1) is 25.0 Å². The van der Waals surface area contributed by atoms with Gasteiger partial charge in [0.2, 0.25) is 5.88 Å². The van der Waals surface area contributed by atoms with Crippen molar-refractivity contribution < 1.29 is 23.5 Å². The Morgan fingerprint density at radius 2 is 2.13 bits per heavy atom. The minimum absolute atomic E-state index is 0.120. The van der Waals surface area contributed by atoms with Crippen molar-refractivity contribution in [2.45, 2.75) is 50.5 Å². The van der Waals surface area contributed by atoms with Crippen LogP contribution in [0.2, 0.25) is 0 Å². The summed E-state index contributed by atoms with van der Waals surface area (Å²) in [6.07, 6.45) is 4.85. The number of urea groups is 1. The van der Waals surface area contributed by atoms with Gasteiger partial charge in [0.25, 0.3) is 0 Å². The van der Waals surface area contributed by atoms with E-state index in [1.165, 1.54) is 17.3 Å². The Bertz CT molecular complexity index is 1140. The second-order valence-electron chi connectivity index (χ2n) is 9.86. The van der Waals surface area contributed by atoms with Crippen molar-refractivity contribution in [2.24, 2.45) is 5.92 Å². The molecule has 5 rings (SSSR count). The maximum atomic E-state index is 14.9. The Kier molecular flexibility index (Phi) is 7.72. The van der Waals surface area contributed by atoms with Gasteiger partial charge in [-0.1, -0.05) is 0 Å². The normalized spacial score (nSPS) is 26.1. The number of hydrogen-bond donors (Lipinski definition) is 3. The molecule has 38 heavy (non-hydrogen) atoms. The first kappa shape index (κ1) is 25.9. The standard InChI is InChI=1S/C25H33FN8O4/c1-3-37-23-13-29-21(12-30-23)32-24(35)33(2)20-14-34(7-5-18(20)26)22-10-17(4-6-27-22)38-25(36)31-19-9-16-8-15(19)11-28-16/h4,6,10,12-13,15-16,18-20,28H,3,5,7-9,11,14H2,1-2H3,(H,31,36)(H,29,32,35)/t15-,16-,18+,19+,20-/m0/s1. The van der Waals surface area contributed by atoms with E-state index in [0.717, 1.165) is 19.4 Å². The topological polar surface area (TPSA) is 134 Å². The zero-order chi connectivity index (χ0) is 26.6. The van der Waals surface area contributed by atoms with Gasteiger partial charge in [-0.2, -0.15) is 0 Å². The van der Waals surface area contributed by atoms with E-state index in [9.17, 15) is 14.0 Å². The van der Waals surface area contributed by atoms with Crippen LogP contribution >= 0.6 is 0 Å². The number of aromatic nitrogens is 3. The van der Waals surface area contributed by atoms with E-state index in [-0.39, 0.29) is 24.8 Å². The van der Waals surface area contributed by atoms with Crippen LogP contribution in [-0.4, -0.2) is 89.6 Å². The highest BCUT2D eigenvalue weighted by Crippen LogP contribution is 2.31. The van der Waals surface area contributed by atoms with Crippen molar-refractivity contribution in [3.63, 3.8) is 0 Å². The molecule has 3 N–H and O–H groups in total. The minimum atomic E-state index is -1.21. The summed E-state index contributed by atoms with van der Waals surface area (Å²) in [5.74, 6) is 1.93. The van der Waals surface area contributed by atoms with E-state index in [1.54, 1.807) is 25.4 Å². The number of carbonyl (C=O) groups is 2. The lowest BCUT2D eigenvalue weighted by atomic mass is 10.0. The summed E-state index contributed by atoms with van der Waals surface area (Å²) in [6.45, 7) is 3.84. The molecule has 0 radical (unpaired) electrons. The first-order valence-corrected chi connectivity index (χ1v) is 12.9. The number of hydrogen-bond acceptors (Lipinski definition) is 9. The van der Waals surface area contributed by atoms with E-state index in [0.29, 0.717) is 42.6 Å². The van der Waals surface area contributed by atoms with Crippen LogP contribution in [0.15, 0.2) is 30.7 Å². The number of alkyl halides is 1. The number of piperidine rings is 2. The van der Waals surface area contributed by atoms with Crippen molar-refractivity contribution >= 4 is 23.8 Å². The van der Waals surface area contributed by atoms with E-state index in [1.807, 2.05) is 11.8 Å². The number of amides is 3. The lowest BCUT2D eigenvalue weighted by Gasteiger charge is -2.40. The average molecular weight is 529 g/mol. The highest BCUT2D eigenvalue weighted by Gasteiger charge is 2.40. The Morgan fingerprint density at radius 3 is 2.84 bits per heavy atom. The van der Waals surface area contributed by atoms with E-state index < -0.39 is 24.3 Å². The second kappa shape index (κ2) is 11.3. The van der Waals surface area contributed by atoms with E-state index in [4.69, 9.17) is 9.47 Å². The number of likely N-dealkylation sites (N-methyl/N-ethyl adjacent to an activating group) is 1. The van der Waals surface area contributed by atoms with Crippen molar-refractivity contribution in [1.29, 1.82) is 0 Å². The monoisotopic (exact) mass is 528 g/mol. The third-order valence-electron chi connectivity index (χ3n) is 7.39. The molecule has 4 heterocycles. The van der Waals surface area contributed by atoms with Crippen molar-refractivity contribution in [2.75, 3.05) is 43.5 Å². The maximum absolute atomic E-state index is 14.9. The zero-order valence-electron chi connectivity index (χ0n) is 21.5. The molecular weight excluding hydrogens is 495 g/mol. The molecule has 5 atom stereocenters. The number of nitrogens with zero attached hydrogens (tertiary/aromatic N) is 5. The van der Waals surface area contributed by atoms with Crippen molar-refractivity contribution in [3.8, 4) is 11.6 Å². The molecule has 0 aromatic carbocycles. The maximum Gasteiger partial charge on any atom is 0.412 e. The fourth-order valence-electron chi connectivity index (χ4n) is 5.36. The first-order valence-electron chi connectivity index (χ1n) is 12.9. The molecule has 1 saturated carbocycles. The number of nitrogens with one attached hydrogen (secondary N) is 3. The summed E-state index contributed by atoms with van der Waals surface area (Å²) in [7, 11) is 1.54. The summed E-state index contributed by atoms with van der Waals surface area (Å²) < 4.78 is 25.7. The molecule has 3 amide bonds. The van der Waals surface area contributed by atoms with Crippen LogP contribution in [0.4, 0.5) is 25.6 Å². The quantitative estimate of drug-likeness (QED) is 0.494. The zero-order valence-corrected chi connectivity index (χ0v) is 21.5. The molecule has 3 aliphatic rings. The molecule has 2 aromatic heterocycles. The Labute approximate surface area is 220 Å². The number of halogens is 1. The van der Waals surface area contributed by atoms with Crippen molar-refractivity contribution in [3.05, 3.63) is 30.7 Å². The van der Waals surface area contributed by atoms with Crippen LogP contribution in [0.1, 0.15) is 26.2 Å². The van der Waals surface area contributed by atoms with Gasteiger partial charge in [0, 0.05) is 51.0 Å². The molecule has 0 spiro atoms. The number of anilines is 2. The molecule has 12 nitrogen and oxygen atoms in total. The third-order valence-corrected chi connectivity index (χ3v) is 7.39. The largest absolute Gasteiger partial charge is 0.477 e. The van der Waals surface area contributed by atoms with Gasteiger partial charge in [-0.05, 0) is 38.2 Å². The van der Waals surface area contributed by atoms with Crippen LogP contribution in [0.5, 0.6) is 11.6 Å². The molecule has 2 bridgehead atoms. The van der Waals surface area contributed by atoms with Gasteiger partial charge in [-0.15, -0.1) is 0 Å². The molecular formula is C25H33FN8O4. The number of pyridine rings is 1. The molecule has 2 aliphatic heterocycles. The molecule has 3 fully saturated rings. The van der Waals surface area contributed by atoms with Crippen LogP contribution in [0.3, 0.4) is 0 Å². The van der Waals surface area contributed by atoms with E-state index >= 15 is 0 Å². The SMILES string of the molecule is CCOc1cnc(NC(=O)N(C)[C@H]2CN(c3cc(OC(=O)N[C@@H]4C[C@@H]5C[C@H]4CN5)ccn3)CC[C@H]2F)cn1. The van der Waals surface area contributed by atoms with Gasteiger partial charge >= 0.3 is 12.1 Å². The number of rotatable bonds is 7. The van der Waals surface area contributed by atoms with E-state index in [2.05, 4.69) is 30.9 Å². The molecule has 2 aromatic rings. The number of fused-ring (bicyclic) bond motifs is 2. The predicted molar refractivity (Wildman–Crippen MR) is 137 cm³/mol. The van der Waals surface area contributed by atoms with Crippen LogP contribution < -0.4 is 30.3 Å². The lowest BCUT2D eigenvalue weighted by molar-refractivity contribution is 0.133. The van der Waals surface area contributed by atoms with Gasteiger partial charge in [0.15, 0.2) is 5.82 Å². The fraction of sp³-hybridized carbons (Fsp3) is 0.560. The molecule has 2 saturated heterocycles.